The number of ether oxygens (including phenoxy) is 11. The minimum atomic E-state index is -1.87. The summed E-state index contributed by atoms with van der Waals surface area (Å²) in [6.45, 7) is 41.9. The number of carbonyl (C=O) groups excluding carboxylic acids is 14. The van der Waals surface area contributed by atoms with Crippen LogP contribution in [0.25, 0.3) is 0 Å². The molecular weight excluding hydrogens is 1640 g/mol. The average molecular weight is 1810 g/mol. The maximum absolute atomic E-state index is 14.5. The molecule has 0 saturated heterocycles. The molecule has 0 aliphatic carbocycles. The first-order chi connectivity index (χ1) is 59.1. The Hall–Kier alpha value is -8.62. The summed E-state index contributed by atoms with van der Waals surface area (Å²) in [5.74, 6) is -6.08. The van der Waals surface area contributed by atoms with Crippen LogP contribution in [0.15, 0.2) is 0 Å². The topological polar surface area (TPSA) is 414 Å². The Morgan fingerprint density at radius 2 is 0.614 bits per heavy atom. The zero-order valence-electron chi connectivity index (χ0n) is 82.4. The van der Waals surface area contributed by atoms with Crippen molar-refractivity contribution in [2.75, 3.05) is 85.1 Å². The van der Waals surface area contributed by atoms with E-state index in [0.717, 1.165) is 131 Å². The van der Waals surface area contributed by atoms with Crippen molar-refractivity contribution in [2.24, 2.45) is 5.92 Å². The number of hydrogen-bond acceptors (Lipinski definition) is 25. The van der Waals surface area contributed by atoms with E-state index in [1.165, 1.54) is 12.8 Å². The van der Waals surface area contributed by atoms with E-state index in [0.29, 0.717) is 83.6 Å². The molecule has 0 rings (SSSR count). The van der Waals surface area contributed by atoms with E-state index in [1.807, 2.05) is 0 Å². The molecule has 127 heavy (non-hydrogen) atoms. The third kappa shape index (κ3) is 66.4. The molecule has 34 nitrogen and oxygen atoms in total. The molecule has 5 atom stereocenters. The number of alkyl carbamates (subject to hydrolysis) is 2. The highest BCUT2D eigenvalue weighted by atomic mass is 16.6. The summed E-state index contributed by atoms with van der Waals surface area (Å²) in [7, 11) is 0. The quantitative estimate of drug-likeness (QED) is 0.0214. The molecule has 0 heterocycles. The van der Waals surface area contributed by atoms with E-state index in [-0.39, 0.29) is 96.1 Å². The fourth-order valence-corrected chi connectivity index (χ4v) is 13.4. The lowest BCUT2D eigenvalue weighted by Gasteiger charge is -2.34. The van der Waals surface area contributed by atoms with Crippen LogP contribution in [0, 0.1) is 5.92 Å². The van der Waals surface area contributed by atoms with Crippen molar-refractivity contribution >= 4 is 84.1 Å². The molecule has 0 aliphatic rings. The van der Waals surface area contributed by atoms with Crippen LogP contribution in [-0.2, 0) is 90.5 Å². The van der Waals surface area contributed by atoms with Crippen LogP contribution in [0.3, 0.4) is 0 Å². The lowest BCUT2D eigenvalue weighted by molar-refractivity contribution is -0.203. The molecule has 0 aromatic rings. The predicted octanol–water partition coefficient (Wildman–Crippen LogP) is 16.3. The fraction of sp³-hybridized carbons (Fsp3) is 0.849. The maximum Gasteiger partial charge on any atom is 0.410 e. The summed E-state index contributed by atoms with van der Waals surface area (Å²) < 4.78 is 61.0. The van der Waals surface area contributed by atoms with Crippen molar-refractivity contribution < 1.29 is 119 Å². The number of hydrogen-bond donors (Lipinski definition) is 5. The largest absolute Gasteiger partial charge is 0.462 e. The van der Waals surface area contributed by atoms with Gasteiger partial charge >= 0.3 is 66.4 Å². The molecule has 0 fully saturated rings. The molecule has 0 spiro atoms. The summed E-state index contributed by atoms with van der Waals surface area (Å²) in [4.78, 5) is 190. The minimum absolute atomic E-state index is 0.142. The summed E-state index contributed by atoms with van der Waals surface area (Å²) in [6, 6.07) is -0.700. The highest BCUT2D eigenvalue weighted by molar-refractivity contribution is 5.88. The monoisotopic (exact) mass is 1810 g/mol. The van der Waals surface area contributed by atoms with Gasteiger partial charge in [0.05, 0.1) is 0 Å². The summed E-state index contributed by atoms with van der Waals surface area (Å²) in [5, 5.41) is 14.4. The highest BCUT2D eigenvalue weighted by Gasteiger charge is 2.47. The number of amides is 9. The molecule has 0 aromatic heterocycles. The standard InChI is InChI=1S/C93H169N9O25/c1-25-26-27-28-29-33-36-42-53-74(98-76(108)54-43-37-34-31-30-32-35-39-44-56-95-81(110)79(121-72(6)107)78(120-71(5)106)77(119-70(4)105)75(118-69(3)104)67-117-68(2)103)80(109)94-55-45-40-38-41-52-73(65-101(86(115)126-92(19,20)21)61-48-46-59-99(84(113)124-90(13,14)15)63-50-57-96-82(111)122-88(7,8)9)66-102(87(116)127-93(22,23)24)62-49-47-60-100(85(114)125-91(16,17)18)64-51-58-97-83(112)123-89(10,11)12/h73-75,77-79H,25-67H2,1-24H3,(H,94,109)(H,95,110)(H,96,111)(H,97,112)(H,98,108)/t74?,75-,77+,78-,79+/m1/s1. The van der Waals surface area contributed by atoms with Gasteiger partial charge in [-0.15, -0.1) is 0 Å². The van der Waals surface area contributed by atoms with Gasteiger partial charge in [0, 0.05) is 120 Å². The number of esters is 5. The molecule has 1 unspecified atom stereocenters. The van der Waals surface area contributed by atoms with Gasteiger partial charge in [0.2, 0.25) is 17.9 Å². The van der Waals surface area contributed by atoms with E-state index >= 15 is 0 Å². The Morgan fingerprint density at radius 3 is 0.984 bits per heavy atom. The van der Waals surface area contributed by atoms with Gasteiger partial charge < -0.3 is 98.3 Å². The normalized spacial score (nSPS) is 13.0. The fourth-order valence-electron chi connectivity index (χ4n) is 13.4. The molecule has 736 valence electrons. The van der Waals surface area contributed by atoms with Gasteiger partial charge in [-0.25, -0.2) is 28.8 Å². The van der Waals surface area contributed by atoms with Crippen LogP contribution >= 0.6 is 0 Å². The van der Waals surface area contributed by atoms with E-state index in [4.69, 9.17) is 52.1 Å². The molecule has 9 amide bonds. The zero-order valence-corrected chi connectivity index (χ0v) is 82.4. The lowest BCUT2D eigenvalue weighted by Crippen LogP contribution is -2.57. The lowest BCUT2D eigenvalue weighted by atomic mass is 9.98. The first kappa shape index (κ1) is 118. The Kier molecular flexibility index (Phi) is 59.1. The summed E-state index contributed by atoms with van der Waals surface area (Å²) in [5.41, 5.74) is -4.67. The van der Waals surface area contributed by atoms with Crippen molar-refractivity contribution in [3.63, 3.8) is 0 Å². The molecular formula is C93H169N9O25. The molecule has 0 radical (unpaired) electrons. The maximum atomic E-state index is 14.5. The summed E-state index contributed by atoms with van der Waals surface area (Å²) in [6.07, 6.45) is 12.4. The molecule has 0 aromatic carbocycles. The zero-order chi connectivity index (χ0) is 96.6. The minimum Gasteiger partial charge on any atom is -0.462 e. The molecule has 0 bridgehead atoms. The Morgan fingerprint density at radius 1 is 0.299 bits per heavy atom. The Balaban J connectivity index is 6.62. The number of unbranched alkanes of at least 4 members (excludes halogenated alkanes) is 20. The number of carbonyl (C=O) groups is 14. The van der Waals surface area contributed by atoms with Gasteiger partial charge in [-0.3, -0.25) is 38.4 Å². The summed E-state index contributed by atoms with van der Waals surface area (Å²) >= 11 is 0. The van der Waals surface area contributed by atoms with Crippen LogP contribution in [-0.4, -0.2) is 253 Å². The van der Waals surface area contributed by atoms with Crippen molar-refractivity contribution in [3.8, 4) is 0 Å². The van der Waals surface area contributed by atoms with Crippen molar-refractivity contribution in [1.82, 2.24) is 46.2 Å². The first-order valence-electron chi connectivity index (χ1n) is 46.6. The van der Waals surface area contributed by atoms with Crippen molar-refractivity contribution in [3.05, 3.63) is 0 Å². The molecule has 0 aliphatic heterocycles. The molecule has 0 saturated carbocycles. The van der Waals surface area contributed by atoms with Crippen LogP contribution in [0.4, 0.5) is 28.8 Å². The Labute approximate surface area is 760 Å². The van der Waals surface area contributed by atoms with Crippen LogP contribution in [0.1, 0.15) is 359 Å². The van der Waals surface area contributed by atoms with Gasteiger partial charge in [0.25, 0.3) is 5.91 Å². The second-order valence-electron chi connectivity index (χ2n) is 38.9. The van der Waals surface area contributed by atoms with Crippen molar-refractivity contribution in [2.45, 2.75) is 423 Å². The van der Waals surface area contributed by atoms with Gasteiger partial charge in [-0.2, -0.15) is 0 Å². The van der Waals surface area contributed by atoms with E-state index in [1.54, 1.807) is 144 Å². The number of rotatable bonds is 62. The number of nitrogens with zero attached hydrogens (tertiary/aromatic N) is 4. The molecule has 5 N–H and O–H groups in total. The van der Waals surface area contributed by atoms with Gasteiger partial charge in [-0.1, -0.05) is 122 Å². The van der Waals surface area contributed by atoms with Crippen LogP contribution in [0.2, 0.25) is 0 Å². The van der Waals surface area contributed by atoms with Crippen LogP contribution < -0.4 is 26.6 Å². The van der Waals surface area contributed by atoms with Crippen molar-refractivity contribution in [1.29, 1.82) is 0 Å². The van der Waals surface area contributed by atoms with Gasteiger partial charge in [0.15, 0.2) is 18.3 Å². The third-order valence-corrected chi connectivity index (χ3v) is 19.0. The van der Waals surface area contributed by atoms with E-state index in [9.17, 15) is 67.1 Å². The van der Waals surface area contributed by atoms with E-state index in [2.05, 4.69) is 33.5 Å². The van der Waals surface area contributed by atoms with E-state index < -0.39 is 143 Å². The van der Waals surface area contributed by atoms with Crippen LogP contribution in [0.5, 0.6) is 0 Å². The molecule has 34 heteroatoms. The predicted molar refractivity (Wildman–Crippen MR) is 484 cm³/mol. The Bertz CT molecular complexity index is 3130. The first-order valence-corrected chi connectivity index (χ1v) is 46.6. The highest BCUT2D eigenvalue weighted by Crippen LogP contribution is 2.26. The third-order valence-electron chi connectivity index (χ3n) is 19.0. The number of nitrogens with one attached hydrogen (secondary N) is 5. The average Bonchev–Trinajstić information content (AvgIpc) is 0.815. The second kappa shape index (κ2) is 63.4. The smallest absolute Gasteiger partial charge is 0.410 e. The van der Waals surface area contributed by atoms with Gasteiger partial charge in [-0.05, 0) is 201 Å². The second-order valence-corrected chi connectivity index (χ2v) is 38.9. The van der Waals surface area contributed by atoms with Gasteiger partial charge in [0.1, 0.15) is 46.3 Å². The SMILES string of the molecule is CCCCCCCCCCC(NC(=O)CCCCCCCCCCCNC(=O)[C@@H](OC(C)=O)[C@H](OC(C)=O)[C@@H](OC(C)=O)[C@@H](COC(C)=O)OC(C)=O)C(=O)NCCCCCCC(CN(CCCCN(CCCNC(=O)OC(C)(C)C)C(=O)OC(C)(C)C)C(=O)OC(C)(C)C)CN(CCCCN(CCCNC(=O)OC(C)(C)C)C(=O)OC(C)(C)C)C(=O)OC(C)(C)C.